The standard InChI is InChI=1S/C4H11NO4S/c1-4(2,3)5-9-10(6,7)8/h5H,1-3H3,(H,6,7,8). The summed E-state index contributed by atoms with van der Waals surface area (Å²) < 4.78 is 31.8. The lowest BCUT2D eigenvalue weighted by Gasteiger charge is -2.17. The Kier molecular flexibility index (Phi) is 2.78. The van der Waals surface area contributed by atoms with Crippen LogP contribution in [0.4, 0.5) is 0 Å². The topological polar surface area (TPSA) is 75.6 Å². The molecule has 0 spiro atoms. The molecule has 0 aromatic carbocycles. The van der Waals surface area contributed by atoms with Crippen LogP contribution in [0.1, 0.15) is 20.8 Å². The van der Waals surface area contributed by atoms with Crippen LogP contribution in [0.2, 0.25) is 0 Å². The third-order valence-corrected chi connectivity index (χ3v) is 0.747. The second-order valence-electron chi connectivity index (χ2n) is 2.86. The average Bonchev–Trinajstić information content (AvgIpc) is 1.57. The largest absolute Gasteiger partial charge is 0.413 e. The predicted octanol–water partition coefficient (Wildman–Crippen LogP) is 0.109. The van der Waals surface area contributed by atoms with Crippen molar-refractivity contribution in [2.45, 2.75) is 26.3 Å². The lowest BCUT2D eigenvalue weighted by Crippen LogP contribution is -2.37. The van der Waals surface area contributed by atoms with Crippen molar-refractivity contribution in [3.8, 4) is 0 Å². The fourth-order valence-electron chi connectivity index (χ4n) is 0.178. The van der Waals surface area contributed by atoms with E-state index in [4.69, 9.17) is 4.55 Å². The zero-order valence-corrected chi connectivity index (χ0v) is 6.90. The van der Waals surface area contributed by atoms with E-state index in [1.54, 1.807) is 20.8 Å². The molecule has 0 atom stereocenters. The van der Waals surface area contributed by atoms with Crippen LogP contribution in [0.3, 0.4) is 0 Å². The van der Waals surface area contributed by atoms with Crippen LogP contribution in [-0.2, 0) is 14.7 Å². The first-order chi connectivity index (χ1) is 4.21. The summed E-state index contributed by atoms with van der Waals surface area (Å²) in [6, 6.07) is 0. The van der Waals surface area contributed by atoms with E-state index < -0.39 is 15.9 Å². The van der Waals surface area contributed by atoms with E-state index in [0.29, 0.717) is 0 Å². The average molecular weight is 169 g/mol. The number of hydrogen-bond acceptors (Lipinski definition) is 4. The molecule has 0 rings (SSSR count). The van der Waals surface area contributed by atoms with Gasteiger partial charge in [0.25, 0.3) is 0 Å². The molecule has 6 heteroatoms. The maximum atomic E-state index is 9.95. The summed E-state index contributed by atoms with van der Waals surface area (Å²) in [5, 5.41) is 0. The second kappa shape index (κ2) is 2.83. The number of hydrogen-bond donors (Lipinski definition) is 2. The Labute approximate surface area is 60.3 Å². The quantitative estimate of drug-likeness (QED) is 0.453. The molecule has 0 aromatic heterocycles. The molecule has 0 saturated carbocycles. The van der Waals surface area contributed by atoms with Crippen LogP contribution in [0.15, 0.2) is 0 Å². The number of rotatable bonds is 2. The highest BCUT2D eigenvalue weighted by atomic mass is 32.3. The monoisotopic (exact) mass is 169 g/mol. The first kappa shape index (κ1) is 9.83. The molecule has 2 N–H and O–H groups in total. The van der Waals surface area contributed by atoms with Crippen LogP contribution in [0.25, 0.3) is 0 Å². The van der Waals surface area contributed by atoms with Crippen LogP contribution < -0.4 is 5.48 Å². The fraction of sp³-hybridized carbons (Fsp3) is 1.00. The van der Waals surface area contributed by atoms with Crippen molar-refractivity contribution in [1.29, 1.82) is 0 Å². The molecule has 0 aromatic rings. The zero-order chi connectivity index (χ0) is 8.41. The molecule has 0 aliphatic rings. The summed E-state index contributed by atoms with van der Waals surface area (Å²) in [4.78, 5) is 0. The van der Waals surface area contributed by atoms with Crippen LogP contribution in [-0.4, -0.2) is 18.5 Å². The van der Waals surface area contributed by atoms with E-state index in [9.17, 15) is 8.42 Å². The third-order valence-electron chi connectivity index (χ3n) is 0.453. The van der Waals surface area contributed by atoms with E-state index in [0.717, 1.165) is 0 Å². The maximum Gasteiger partial charge on any atom is 0.413 e. The lowest BCUT2D eigenvalue weighted by atomic mass is 10.1. The lowest BCUT2D eigenvalue weighted by molar-refractivity contribution is 0.108. The van der Waals surface area contributed by atoms with E-state index in [-0.39, 0.29) is 0 Å². The van der Waals surface area contributed by atoms with Gasteiger partial charge in [-0.05, 0) is 20.8 Å². The van der Waals surface area contributed by atoms with Gasteiger partial charge in [0.1, 0.15) is 0 Å². The Bertz CT molecular complexity index is 190. The van der Waals surface area contributed by atoms with Gasteiger partial charge in [-0.2, -0.15) is 18.2 Å². The Morgan fingerprint density at radius 1 is 1.40 bits per heavy atom. The predicted molar refractivity (Wildman–Crippen MR) is 35.5 cm³/mol. The molecular formula is C4H11NO4S. The maximum absolute atomic E-state index is 9.95. The molecule has 10 heavy (non-hydrogen) atoms. The molecule has 62 valence electrons. The van der Waals surface area contributed by atoms with Gasteiger partial charge in [-0.1, -0.05) is 0 Å². The normalized spacial score (nSPS) is 13.6. The molecule has 0 fully saturated rings. The highest BCUT2D eigenvalue weighted by Gasteiger charge is 2.13. The second-order valence-corrected chi connectivity index (χ2v) is 3.89. The third kappa shape index (κ3) is 7.83. The summed E-state index contributed by atoms with van der Waals surface area (Å²) in [6.45, 7) is 5.08. The fourth-order valence-corrected chi connectivity index (χ4v) is 0.533. The summed E-state index contributed by atoms with van der Waals surface area (Å²) >= 11 is 0. The minimum Gasteiger partial charge on any atom is -0.262 e. The summed E-state index contributed by atoms with van der Waals surface area (Å²) in [6.07, 6.45) is 0. The smallest absolute Gasteiger partial charge is 0.262 e. The van der Waals surface area contributed by atoms with Gasteiger partial charge in [0.2, 0.25) is 0 Å². The molecule has 0 amide bonds. The SMILES string of the molecule is CC(C)(C)NOS(=O)(=O)O. The summed E-state index contributed by atoms with van der Waals surface area (Å²) in [5.74, 6) is 0. The van der Waals surface area contributed by atoms with Gasteiger partial charge in [-0.3, -0.25) is 4.55 Å². The minimum absolute atomic E-state index is 0.504. The van der Waals surface area contributed by atoms with Crippen molar-refractivity contribution in [2.24, 2.45) is 0 Å². The first-order valence-electron chi connectivity index (χ1n) is 2.64. The van der Waals surface area contributed by atoms with Crippen LogP contribution in [0.5, 0.6) is 0 Å². The van der Waals surface area contributed by atoms with Gasteiger partial charge in [-0.15, -0.1) is 0 Å². The number of hydroxylamine groups is 1. The minimum atomic E-state index is -4.37. The van der Waals surface area contributed by atoms with Gasteiger partial charge in [-0.25, -0.2) is 0 Å². The molecule has 0 radical (unpaired) electrons. The van der Waals surface area contributed by atoms with Gasteiger partial charge in [0, 0.05) is 5.54 Å². The molecule has 0 aliphatic heterocycles. The van der Waals surface area contributed by atoms with Crippen molar-refractivity contribution in [3.05, 3.63) is 0 Å². The molecule has 0 heterocycles. The van der Waals surface area contributed by atoms with E-state index in [1.807, 2.05) is 0 Å². The molecule has 5 nitrogen and oxygen atoms in total. The molecule has 0 saturated heterocycles. The van der Waals surface area contributed by atoms with Crippen molar-refractivity contribution in [1.82, 2.24) is 5.48 Å². The van der Waals surface area contributed by atoms with E-state index in [1.165, 1.54) is 0 Å². The Hall–Kier alpha value is -0.170. The van der Waals surface area contributed by atoms with Crippen LogP contribution in [0, 0.1) is 0 Å². The van der Waals surface area contributed by atoms with Crippen molar-refractivity contribution in [3.63, 3.8) is 0 Å². The highest BCUT2D eigenvalue weighted by Crippen LogP contribution is 1.98. The van der Waals surface area contributed by atoms with Crippen molar-refractivity contribution in [2.75, 3.05) is 0 Å². The summed E-state index contributed by atoms with van der Waals surface area (Å²) in [5.41, 5.74) is 1.62. The van der Waals surface area contributed by atoms with Gasteiger partial charge in [0.15, 0.2) is 0 Å². The molecule has 0 aliphatic carbocycles. The van der Waals surface area contributed by atoms with Crippen molar-refractivity contribution >= 4 is 10.4 Å². The zero-order valence-electron chi connectivity index (χ0n) is 6.08. The van der Waals surface area contributed by atoms with E-state index >= 15 is 0 Å². The Morgan fingerprint density at radius 3 is 1.90 bits per heavy atom. The van der Waals surface area contributed by atoms with Gasteiger partial charge >= 0.3 is 10.4 Å². The van der Waals surface area contributed by atoms with E-state index in [2.05, 4.69) is 9.76 Å². The molecule has 0 bridgehead atoms. The van der Waals surface area contributed by atoms with Crippen LogP contribution >= 0.6 is 0 Å². The Balaban J connectivity index is 3.79. The van der Waals surface area contributed by atoms with Crippen molar-refractivity contribution < 1.29 is 17.3 Å². The molecule has 0 unspecified atom stereocenters. The summed E-state index contributed by atoms with van der Waals surface area (Å²) in [7, 11) is -4.37. The van der Waals surface area contributed by atoms with Gasteiger partial charge < -0.3 is 0 Å². The first-order valence-corrected chi connectivity index (χ1v) is 4.00. The van der Waals surface area contributed by atoms with Gasteiger partial charge in [0.05, 0.1) is 0 Å². The molecular weight excluding hydrogens is 158 g/mol. The highest BCUT2D eigenvalue weighted by molar-refractivity contribution is 7.80. The Morgan fingerprint density at radius 2 is 1.80 bits per heavy atom. The number of nitrogens with one attached hydrogen (secondary N) is 1.